The van der Waals surface area contributed by atoms with Crippen LogP contribution in [0.2, 0.25) is 0 Å². The molecule has 1 aliphatic rings. The normalized spacial score (nSPS) is 20.0. The average molecular weight is 374 g/mol. The first-order valence-corrected chi connectivity index (χ1v) is 10.9. The third-order valence-electron chi connectivity index (χ3n) is 4.18. The predicted molar refractivity (Wildman–Crippen MR) is 90.9 cm³/mol. The van der Waals surface area contributed by atoms with Crippen LogP contribution in [0.4, 0.5) is 0 Å². The van der Waals surface area contributed by atoms with Gasteiger partial charge < -0.3 is 4.90 Å². The van der Waals surface area contributed by atoms with Crippen LogP contribution in [0.5, 0.6) is 0 Å². The number of nitrogens with one attached hydrogen (secondary N) is 1. The van der Waals surface area contributed by atoms with Gasteiger partial charge in [0.2, 0.25) is 15.9 Å². The number of amides is 1. The molecule has 2 rings (SSSR count). The molecule has 1 amide bonds. The number of nitrogens with zero attached hydrogens (tertiary/aromatic N) is 1. The Hall–Kier alpha value is -1.45. The minimum atomic E-state index is -3.80. The molecule has 1 atom stereocenters. The van der Waals surface area contributed by atoms with E-state index in [2.05, 4.69) is 4.72 Å². The number of benzene rings is 1. The Morgan fingerprint density at radius 2 is 2.00 bits per heavy atom. The van der Waals surface area contributed by atoms with Crippen molar-refractivity contribution in [2.75, 3.05) is 25.1 Å². The van der Waals surface area contributed by atoms with Crippen molar-refractivity contribution < 1.29 is 21.6 Å². The molecule has 0 saturated carbocycles. The molecule has 134 valence electrons. The van der Waals surface area contributed by atoms with Crippen molar-refractivity contribution in [2.24, 2.45) is 0 Å². The Labute approximate surface area is 143 Å². The van der Waals surface area contributed by atoms with Crippen molar-refractivity contribution in [3.05, 3.63) is 29.3 Å². The van der Waals surface area contributed by atoms with Crippen molar-refractivity contribution >= 4 is 25.8 Å². The van der Waals surface area contributed by atoms with Gasteiger partial charge in [-0.25, -0.2) is 21.6 Å². The van der Waals surface area contributed by atoms with Crippen LogP contribution >= 0.6 is 0 Å². The molecule has 7 nitrogen and oxygen atoms in total. The van der Waals surface area contributed by atoms with Gasteiger partial charge in [0.05, 0.1) is 22.9 Å². The molecule has 0 radical (unpaired) electrons. The zero-order valence-electron chi connectivity index (χ0n) is 13.9. The van der Waals surface area contributed by atoms with E-state index in [9.17, 15) is 21.6 Å². The van der Waals surface area contributed by atoms with Gasteiger partial charge in [-0.3, -0.25) is 4.79 Å². The van der Waals surface area contributed by atoms with Gasteiger partial charge in [-0.05, 0) is 31.9 Å². The quantitative estimate of drug-likeness (QED) is 0.795. The second-order valence-corrected chi connectivity index (χ2v) is 10.1. The number of carbonyl (C=O) groups excluding carboxylic acids is 1. The molecule has 1 aliphatic heterocycles. The smallest absolute Gasteiger partial charge is 0.241 e. The zero-order valence-corrected chi connectivity index (χ0v) is 15.6. The van der Waals surface area contributed by atoms with Crippen LogP contribution in [-0.2, 0) is 24.7 Å². The lowest BCUT2D eigenvalue weighted by Crippen LogP contribution is -2.43. The van der Waals surface area contributed by atoms with E-state index in [1.165, 1.54) is 18.0 Å². The minimum absolute atomic E-state index is 0.0591. The Morgan fingerprint density at radius 1 is 1.33 bits per heavy atom. The maximum atomic E-state index is 12.3. The van der Waals surface area contributed by atoms with Crippen molar-refractivity contribution in [1.29, 1.82) is 0 Å². The molecule has 9 heteroatoms. The van der Waals surface area contributed by atoms with Crippen LogP contribution in [-0.4, -0.2) is 58.8 Å². The molecule has 1 unspecified atom stereocenters. The fraction of sp³-hybridized carbons (Fsp3) is 0.533. The highest BCUT2D eigenvalue weighted by Crippen LogP contribution is 2.18. The molecule has 24 heavy (non-hydrogen) atoms. The number of likely N-dealkylation sites (N-methyl/N-ethyl adjacent to an activating group) is 1. The minimum Gasteiger partial charge on any atom is -0.341 e. The molecular weight excluding hydrogens is 352 g/mol. The first-order valence-electron chi connectivity index (χ1n) is 7.55. The van der Waals surface area contributed by atoms with E-state index in [0.29, 0.717) is 12.0 Å². The SMILES string of the molecule is Cc1ccc(S(=O)(=O)NCC(=O)N(C)C2CCS(=O)(=O)C2)c(C)c1. The third kappa shape index (κ3) is 4.34. The van der Waals surface area contributed by atoms with Crippen molar-refractivity contribution in [2.45, 2.75) is 31.2 Å². The van der Waals surface area contributed by atoms with E-state index in [1.807, 2.05) is 6.92 Å². The molecular formula is C15H22N2O5S2. The summed E-state index contributed by atoms with van der Waals surface area (Å²) in [4.78, 5) is 13.6. The van der Waals surface area contributed by atoms with Gasteiger partial charge in [-0.1, -0.05) is 17.7 Å². The van der Waals surface area contributed by atoms with E-state index in [-0.39, 0.29) is 16.4 Å². The Balaban J connectivity index is 2.02. The molecule has 0 aromatic heterocycles. The number of rotatable bonds is 5. The monoisotopic (exact) mass is 374 g/mol. The summed E-state index contributed by atoms with van der Waals surface area (Å²) in [6, 6.07) is 4.56. The van der Waals surface area contributed by atoms with Crippen LogP contribution in [0, 0.1) is 13.8 Å². The number of carbonyl (C=O) groups is 1. The highest BCUT2D eigenvalue weighted by molar-refractivity contribution is 7.91. The molecule has 1 aromatic rings. The van der Waals surface area contributed by atoms with Gasteiger partial charge >= 0.3 is 0 Å². The van der Waals surface area contributed by atoms with E-state index in [1.54, 1.807) is 19.1 Å². The van der Waals surface area contributed by atoms with Crippen molar-refractivity contribution in [3.63, 3.8) is 0 Å². The predicted octanol–water partition coefficient (Wildman–Crippen LogP) is 0.227. The molecule has 1 saturated heterocycles. The number of hydrogen-bond donors (Lipinski definition) is 1. The molecule has 1 heterocycles. The van der Waals surface area contributed by atoms with Crippen LogP contribution < -0.4 is 4.72 Å². The summed E-state index contributed by atoms with van der Waals surface area (Å²) >= 11 is 0. The largest absolute Gasteiger partial charge is 0.341 e. The van der Waals surface area contributed by atoms with E-state index in [0.717, 1.165) is 5.56 Å². The van der Waals surface area contributed by atoms with Crippen LogP contribution in [0.1, 0.15) is 17.5 Å². The second-order valence-electron chi connectivity index (χ2n) is 6.16. The van der Waals surface area contributed by atoms with Crippen LogP contribution in [0.25, 0.3) is 0 Å². The Bertz CT molecular complexity index is 847. The lowest BCUT2D eigenvalue weighted by atomic mass is 10.2. The molecule has 0 spiro atoms. The first-order chi connectivity index (χ1) is 11.0. The highest BCUT2D eigenvalue weighted by Gasteiger charge is 2.33. The first kappa shape index (κ1) is 18.9. The highest BCUT2D eigenvalue weighted by atomic mass is 32.2. The van der Waals surface area contributed by atoms with Crippen LogP contribution in [0.3, 0.4) is 0 Å². The fourth-order valence-electron chi connectivity index (χ4n) is 2.74. The van der Waals surface area contributed by atoms with Gasteiger partial charge in [0, 0.05) is 13.1 Å². The van der Waals surface area contributed by atoms with Gasteiger partial charge in [-0.2, -0.15) is 0 Å². The maximum Gasteiger partial charge on any atom is 0.241 e. The van der Waals surface area contributed by atoms with E-state index in [4.69, 9.17) is 0 Å². The van der Waals surface area contributed by atoms with E-state index < -0.39 is 38.4 Å². The Morgan fingerprint density at radius 3 is 2.54 bits per heavy atom. The summed E-state index contributed by atoms with van der Waals surface area (Å²) in [7, 11) is -5.40. The summed E-state index contributed by atoms with van der Waals surface area (Å²) in [5.74, 6) is -0.465. The Kier molecular flexibility index (Phi) is 5.36. The summed E-state index contributed by atoms with van der Waals surface area (Å²) < 4.78 is 49.9. The summed E-state index contributed by atoms with van der Waals surface area (Å²) in [6.45, 7) is 3.16. The molecule has 1 aromatic carbocycles. The van der Waals surface area contributed by atoms with Gasteiger partial charge in [0.25, 0.3) is 0 Å². The summed E-state index contributed by atoms with van der Waals surface area (Å²) in [5, 5.41) is 0. The second kappa shape index (κ2) is 6.81. The van der Waals surface area contributed by atoms with Crippen molar-refractivity contribution in [3.8, 4) is 0 Å². The van der Waals surface area contributed by atoms with Crippen LogP contribution in [0.15, 0.2) is 23.1 Å². The summed E-state index contributed by atoms with van der Waals surface area (Å²) in [6.07, 6.45) is 0.383. The lowest BCUT2D eigenvalue weighted by Gasteiger charge is -2.23. The van der Waals surface area contributed by atoms with Gasteiger partial charge in [0.15, 0.2) is 9.84 Å². The average Bonchev–Trinajstić information content (AvgIpc) is 2.83. The third-order valence-corrected chi connectivity index (χ3v) is 7.49. The zero-order chi connectivity index (χ0) is 18.1. The number of sulfonamides is 1. The number of aryl methyl sites for hydroxylation is 2. The van der Waals surface area contributed by atoms with Gasteiger partial charge in [0.1, 0.15) is 0 Å². The summed E-state index contributed by atoms with van der Waals surface area (Å²) in [5.41, 5.74) is 1.55. The van der Waals surface area contributed by atoms with Gasteiger partial charge in [-0.15, -0.1) is 0 Å². The van der Waals surface area contributed by atoms with Crippen molar-refractivity contribution in [1.82, 2.24) is 9.62 Å². The molecule has 1 fully saturated rings. The standard InChI is InChI=1S/C15H22N2O5S2/c1-11-4-5-14(12(2)8-11)24(21,22)16-9-15(18)17(3)13-6-7-23(19,20)10-13/h4-5,8,13,16H,6-7,9-10H2,1-3H3. The maximum absolute atomic E-state index is 12.3. The topological polar surface area (TPSA) is 101 Å². The number of sulfone groups is 1. The van der Waals surface area contributed by atoms with E-state index >= 15 is 0 Å². The molecule has 0 bridgehead atoms. The molecule has 1 N–H and O–H groups in total. The fourth-order valence-corrected chi connectivity index (χ4v) is 5.72. The molecule has 0 aliphatic carbocycles. The number of hydrogen-bond acceptors (Lipinski definition) is 5. The lowest BCUT2D eigenvalue weighted by molar-refractivity contribution is -0.130.